The van der Waals surface area contributed by atoms with Gasteiger partial charge >= 0.3 is 0 Å². The summed E-state index contributed by atoms with van der Waals surface area (Å²) < 4.78 is 5.94. The average molecular weight is 392 g/mol. The van der Waals surface area contributed by atoms with Crippen molar-refractivity contribution in [1.82, 2.24) is 15.2 Å². The van der Waals surface area contributed by atoms with Crippen LogP contribution in [0.4, 0.5) is 0 Å². The molecule has 1 atom stereocenters. The van der Waals surface area contributed by atoms with Gasteiger partial charge in [-0.1, -0.05) is 56.3 Å². The molecular weight excluding hydrogens is 362 g/mol. The van der Waals surface area contributed by atoms with Gasteiger partial charge in [0.05, 0.1) is 12.6 Å². The first-order valence-corrected chi connectivity index (χ1v) is 10.5. The Morgan fingerprint density at radius 1 is 1.10 bits per heavy atom. The van der Waals surface area contributed by atoms with Crippen LogP contribution >= 0.6 is 0 Å². The van der Waals surface area contributed by atoms with Crippen LogP contribution in [0.2, 0.25) is 0 Å². The molecule has 2 heterocycles. The fourth-order valence-corrected chi connectivity index (χ4v) is 4.12. The summed E-state index contributed by atoms with van der Waals surface area (Å²) in [5.74, 6) is 1.59. The molecule has 5 nitrogen and oxygen atoms in total. The van der Waals surface area contributed by atoms with E-state index in [4.69, 9.17) is 4.42 Å². The molecule has 5 heteroatoms. The lowest BCUT2D eigenvalue weighted by Crippen LogP contribution is -2.43. The van der Waals surface area contributed by atoms with Gasteiger partial charge in [0.2, 0.25) is 5.91 Å². The van der Waals surface area contributed by atoms with Crippen molar-refractivity contribution in [2.45, 2.75) is 38.6 Å². The van der Waals surface area contributed by atoms with Crippen LogP contribution < -0.4 is 5.32 Å². The second kappa shape index (κ2) is 8.78. The van der Waals surface area contributed by atoms with Crippen LogP contribution in [0.5, 0.6) is 0 Å². The van der Waals surface area contributed by atoms with Gasteiger partial charge in [0.15, 0.2) is 11.5 Å². The summed E-state index contributed by atoms with van der Waals surface area (Å²) in [5.41, 5.74) is 2.93. The van der Waals surface area contributed by atoms with Gasteiger partial charge in [-0.3, -0.25) is 9.69 Å². The molecule has 1 aromatic heterocycles. The number of hydrogen-bond acceptors (Lipinski definition) is 4. The van der Waals surface area contributed by atoms with Crippen LogP contribution in [0.25, 0.3) is 11.1 Å². The summed E-state index contributed by atoms with van der Waals surface area (Å²) >= 11 is 0. The van der Waals surface area contributed by atoms with E-state index in [2.05, 4.69) is 41.2 Å². The van der Waals surface area contributed by atoms with E-state index in [1.165, 1.54) is 0 Å². The third kappa shape index (κ3) is 4.67. The van der Waals surface area contributed by atoms with Gasteiger partial charge in [-0.2, -0.15) is 0 Å². The summed E-state index contributed by atoms with van der Waals surface area (Å²) in [6.45, 7) is 6.49. The zero-order valence-electron chi connectivity index (χ0n) is 17.2. The molecule has 0 saturated carbocycles. The van der Waals surface area contributed by atoms with Crippen molar-refractivity contribution < 1.29 is 9.21 Å². The molecule has 0 bridgehead atoms. The van der Waals surface area contributed by atoms with Crippen molar-refractivity contribution in [2.75, 3.05) is 19.6 Å². The van der Waals surface area contributed by atoms with E-state index in [-0.39, 0.29) is 11.9 Å². The number of hydrogen-bond donors (Lipinski definition) is 1. The minimum Gasteiger partial charge on any atom is -0.440 e. The monoisotopic (exact) mass is 391 g/mol. The number of carbonyl (C=O) groups is 1. The number of likely N-dealkylation sites (tertiary alicyclic amines) is 1. The number of para-hydroxylation sites is 2. The maximum atomic E-state index is 12.7. The Labute approximate surface area is 172 Å². The number of oxazole rings is 1. The lowest BCUT2D eigenvalue weighted by molar-refractivity contribution is -0.123. The highest BCUT2D eigenvalue weighted by molar-refractivity contribution is 5.78. The van der Waals surface area contributed by atoms with Gasteiger partial charge < -0.3 is 9.73 Å². The number of piperidine rings is 1. The van der Waals surface area contributed by atoms with E-state index in [1.807, 2.05) is 42.5 Å². The Morgan fingerprint density at radius 3 is 2.48 bits per heavy atom. The largest absolute Gasteiger partial charge is 0.440 e. The number of benzene rings is 2. The molecule has 1 unspecified atom stereocenters. The van der Waals surface area contributed by atoms with E-state index in [1.54, 1.807) is 0 Å². The van der Waals surface area contributed by atoms with Crippen molar-refractivity contribution in [3.8, 4) is 0 Å². The predicted molar refractivity (Wildman–Crippen MR) is 115 cm³/mol. The summed E-state index contributed by atoms with van der Waals surface area (Å²) in [4.78, 5) is 19.6. The maximum Gasteiger partial charge on any atom is 0.234 e. The quantitative estimate of drug-likeness (QED) is 0.671. The van der Waals surface area contributed by atoms with Crippen molar-refractivity contribution in [3.05, 3.63) is 66.1 Å². The molecule has 0 aliphatic carbocycles. The lowest BCUT2D eigenvalue weighted by atomic mass is 9.95. The number of nitrogens with zero attached hydrogens (tertiary/aromatic N) is 2. The molecule has 1 N–H and O–H groups in total. The number of amides is 1. The van der Waals surface area contributed by atoms with E-state index in [9.17, 15) is 4.79 Å². The molecule has 0 spiro atoms. The van der Waals surface area contributed by atoms with Crippen LogP contribution in [0.15, 0.2) is 59.0 Å². The molecule has 0 radical (unpaired) electrons. The minimum atomic E-state index is 0.0426. The van der Waals surface area contributed by atoms with Crippen LogP contribution in [0.3, 0.4) is 0 Å². The van der Waals surface area contributed by atoms with Gasteiger partial charge in [-0.25, -0.2) is 4.98 Å². The van der Waals surface area contributed by atoms with E-state index >= 15 is 0 Å². The molecule has 3 aromatic rings. The van der Waals surface area contributed by atoms with E-state index in [0.717, 1.165) is 48.5 Å². The first kappa shape index (κ1) is 19.6. The average Bonchev–Trinajstić information content (AvgIpc) is 3.17. The number of carbonyl (C=O) groups excluding carboxylic acids is 1. The molecule has 152 valence electrons. The summed E-state index contributed by atoms with van der Waals surface area (Å²) in [6, 6.07) is 18.1. The second-order valence-corrected chi connectivity index (χ2v) is 8.27. The normalized spacial score (nSPS) is 16.9. The van der Waals surface area contributed by atoms with Crippen LogP contribution in [-0.4, -0.2) is 35.4 Å². The molecular formula is C24H29N3O2. The Bertz CT molecular complexity index is 910. The predicted octanol–water partition coefficient (Wildman–Crippen LogP) is 4.52. The molecule has 1 aliphatic rings. The lowest BCUT2D eigenvalue weighted by Gasteiger charge is -2.31. The fourth-order valence-electron chi connectivity index (χ4n) is 4.12. The summed E-state index contributed by atoms with van der Waals surface area (Å²) in [5, 5.41) is 3.23. The van der Waals surface area contributed by atoms with Gasteiger partial charge in [0.25, 0.3) is 0 Å². The Morgan fingerprint density at radius 2 is 1.79 bits per heavy atom. The second-order valence-electron chi connectivity index (χ2n) is 8.27. The maximum absolute atomic E-state index is 12.7. The zero-order valence-corrected chi connectivity index (χ0v) is 17.2. The highest BCUT2D eigenvalue weighted by Crippen LogP contribution is 2.30. The fraction of sp³-hybridized carbons (Fsp3) is 0.417. The van der Waals surface area contributed by atoms with E-state index < -0.39 is 0 Å². The van der Waals surface area contributed by atoms with Crippen molar-refractivity contribution in [3.63, 3.8) is 0 Å². The molecule has 29 heavy (non-hydrogen) atoms. The van der Waals surface area contributed by atoms with Crippen LogP contribution in [0.1, 0.15) is 50.1 Å². The minimum absolute atomic E-state index is 0.0426. The Hall–Kier alpha value is -2.66. The number of fused-ring (bicyclic) bond motifs is 1. The Kier molecular flexibility index (Phi) is 5.95. The number of aromatic nitrogens is 1. The van der Waals surface area contributed by atoms with Crippen LogP contribution in [-0.2, 0) is 4.79 Å². The molecule has 1 aliphatic heterocycles. The standard InChI is InChI=1S/C24H29N3O2/c1-17(2)23(18-8-4-3-5-9-18)26-22(28)16-27-14-12-19(13-15-27)24-25-20-10-6-7-11-21(20)29-24/h3-11,17,19,23H,12-16H2,1-2H3,(H,26,28). The summed E-state index contributed by atoms with van der Waals surface area (Å²) in [6.07, 6.45) is 1.93. The number of nitrogens with one attached hydrogen (secondary N) is 1. The van der Waals surface area contributed by atoms with E-state index in [0.29, 0.717) is 18.4 Å². The third-order valence-corrected chi connectivity index (χ3v) is 5.76. The van der Waals surface area contributed by atoms with Crippen molar-refractivity contribution in [2.24, 2.45) is 5.92 Å². The molecule has 4 rings (SSSR count). The van der Waals surface area contributed by atoms with Crippen molar-refractivity contribution >= 4 is 17.0 Å². The van der Waals surface area contributed by atoms with Gasteiger partial charge in [0, 0.05) is 5.92 Å². The van der Waals surface area contributed by atoms with Gasteiger partial charge in [-0.15, -0.1) is 0 Å². The highest BCUT2D eigenvalue weighted by Gasteiger charge is 2.26. The van der Waals surface area contributed by atoms with Gasteiger partial charge in [-0.05, 0) is 49.5 Å². The first-order valence-electron chi connectivity index (χ1n) is 10.5. The smallest absolute Gasteiger partial charge is 0.234 e. The first-order chi connectivity index (χ1) is 14.1. The zero-order chi connectivity index (χ0) is 20.2. The van der Waals surface area contributed by atoms with Gasteiger partial charge in [0.1, 0.15) is 5.52 Å². The third-order valence-electron chi connectivity index (χ3n) is 5.76. The molecule has 2 aromatic carbocycles. The molecule has 1 fully saturated rings. The summed E-state index contributed by atoms with van der Waals surface area (Å²) in [7, 11) is 0. The molecule has 1 saturated heterocycles. The van der Waals surface area contributed by atoms with Crippen LogP contribution in [0, 0.1) is 5.92 Å². The van der Waals surface area contributed by atoms with Crippen molar-refractivity contribution in [1.29, 1.82) is 0 Å². The Balaban J connectivity index is 1.31. The molecule has 1 amide bonds. The highest BCUT2D eigenvalue weighted by atomic mass is 16.3. The SMILES string of the molecule is CC(C)C(NC(=O)CN1CCC(c2nc3ccccc3o2)CC1)c1ccccc1. The number of rotatable bonds is 6. The topological polar surface area (TPSA) is 58.4 Å².